The van der Waals surface area contributed by atoms with Gasteiger partial charge in [-0.3, -0.25) is 14.7 Å². The molecule has 3 aromatic rings. The van der Waals surface area contributed by atoms with Gasteiger partial charge >= 0.3 is 6.03 Å². The highest BCUT2D eigenvalue weighted by Crippen LogP contribution is 2.38. The molecule has 10 heteroatoms. The van der Waals surface area contributed by atoms with E-state index in [1.165, 1.54) is 4.90 Å². The number of urea groups is 1. The molecule has 2 aromatic carbocycles. The topological polar surface area (TPSA) is 96.5 Å². The predicted octanol–water partition coefficient (Wildman–Crippen LogP) is 3.29. The fraction of sp³-hybridized carbons (Fsp3) is 0.433. The highest BCUT2D eigenvalue weighted by molar-refractivity contribution is 6.23. The predicted molar refractivity (Wildman–Crippen MR) is 153 cm³/mol. The number of para-hydroxylation sites is 1. The number of rotatable bonds is 11. The van der Waals surface area contributed by atoms with E-state index >= 15 is 0 Å². The minimum atomic E-state index is -1.03. The molecule has 0 saturated carbocycles. The van der Waals surface area contributed by atoms with Gasteiger partial charge in [0.2, 0.25) is 0 Å². The number of pyridine rings is 1. The minimum Gasteiger partial charge on any atom is -0.493 e. The number of carbonyl (C=O) groups is 2. The maximum absolute atomic E-state index is 13.7. The molecule has 212 valence electrons. The summed E-state index contributed by atoms with van der Waals surface area (Å²) in [6.07, 6.45) is 1.73. The van der Waals surface area contributed by atoms with Crippen LogP contribution in [0.2, 0.25) is 0 Å². The van der Waals surface area contributed by atoms with Gasteiger partial charge in [0, 0.05) is 56.9 Å². The molecule has 0 atom stereocenters. The Bertz CT molecular complexity index is 1350. The Balaban J connectivity index is 1.26. The number of imide groups is 1. The summed E-state index contributed by atoms with van der Waals surface area (Å²) in [6, 6.07) is 14.4. The van der Waals surface area contributed by atoms with E-state index in [9.17, 15) is 9.59 Å². The van der Waals surface area contributed by atoms with Crippen LogP contribution in [0.25, 0.3) is 10.9 Å². The van der Waals surface area contributed by atoms with Crippen molar-refractivity contribution >= 4 is 28.5 Å². The number of fused-ring (bicyclic) bond motifs is 1. The van der Waals surface area contributed by atoms with E-state index in [1.807, 2.05) is 30.3 Å². The number of methoxy groups -OCH3 is 1. The number of carbonyl (C=O) groups excluding carboxylic acids is 2. The van der Waals surface area contributed by atoms with Crippen LogP contribution < -0.4 is 19.7 Å². The van der Waals surface area contributed by atoms with Gasteiger partial charge in [-0.15, -0.1) is 0 Å². The van der Waals surface area contributed by atoms with Crippen molar-refractivity contribution in [3.8, 4) is 11.5 Å². The van der Waals surface area contributed by atoms with Crippen molar-refractivity contribution < 1.29 is 23.8 Å². The van der Waals surface area contributed by atoms with Crippen LogP contribution in [0.4, 0.5) is 10.5 Å². The summed E-state index contributed by atoms with van der Waals surface area (Å²) in [5.41, 5.74) is 1.19. The second kappa shape index (κ2) is 12.2. The van der Waals surface area contributed by atoms with Gasteiger partial charge < -0.3 is 24.4 Å². The molecule has 1 N–H and O–H groups in total. The summed E-state index contributed by atoms with van der Waals surface area (Å²) in [5.74, 6) is 0.722. The zero-order chi connectivity index (χ0) is 28.1. The lowest BCUT2D eigenvalue weighted by Gasteiger charge is -2.28. The highest BCUT2D eigenvalue weighted by atomic mass is 16.5. The van der Waals surface area contributed by atoms with E-state index in [0.29, 0.717) is 30.3 Å². The number of benzene rings is 2. The molecule has 3 heterocycles. The Hall–Kier alpha value is -3.73. The molecule has 3 amide bonds. The largest absolute Gasteiger partial charge is 0.493 e. The first-order valence-corrected chi connectivity index (χ1v) is 13.7. The molecule has 1 aromatic heterocycles. The van der Waals surface area contributed by atoms with Gasteiger partial charge in [0.1, 0.15) is 12.1 Å². The molecule has 2 fully saturated rings. The van der Waals surface area contributed by atoms with Crippen LogP contribution in [-0.2, 0) is 16.1 Å². The third-order valence-electron chi connectivity index (χ3n) is 7.54. The summed E-state index contributed by atoms with van der Waals surface area (Å²) in [4.78, 5) is 36.9. The Morgan fingerprint density at radius 2 is 1.82 bits per heavy atom. The van der Waals surface area contributed by atoms with E-state index in [4.69, 9.17) is 14.2 Å². The van der Waals surface area contributed by atoms with Gasteiger partial charge in [-0.2, -0.15) is 0 Å². The van der Waals surface area contributed by atoms with Crippen molar-refractivity contribution in [3.63, 3.8) is 0 Å². The quantitative estimate of drug-likeness (QED) is 0.289. The lowest BCUT2D eigenvalue weighted by Crippen LogP contribution is -2.43. The summed E-state index contributed by atoms with van der Waals surface area (Å²) in [7, 11) is 1.57. The van der Waals surface area contributed by atoms with Crippen molar-refractivity contribution in [2.24, 2.45) is 0 Å². The van der Waals surface area contributed by atoms with Crippen LogP contribution in [0.15, 0.2) is 54.7 Å². The van der Waals surface area contributed by atoms with Crippen molar-refractivity contribution in [2.75, 3.05) is 64.6 Å². The first-order valence-electron chi connectivity index (χ1n) is 13.7. The molecule has 0 aliphatic carbocycles. The number of hydrogen-bond acceptors (Lipinski definition) is 8. The van der Waals surface area contributed by atoms with Crippen molar-refractivity contribution in [3.05, 3.63) is 60.3 Å². The van der Waals surface area contributed by atoms with Crippen molar-refractivity contribution in [2.45, 2.75) is 25.9 Å². The van der Waals surface area contributed by atoms with Gasteiger partial charge in [-0.1, -0.05) is 18.2 Å². The smallest absolute Gasteiger partial charge is 0.332 e. The molecule has 0 bridgehead atoms. The molecular weight excluding hydrogens is 510 g/mol. The van der Waals surface area contributed by atoms with Gasteiger partial charge in [-0.25, -0.2) is 9.69 Å². The third kappa shape index (κ3) is 5.74. The van der Waals surface area contributed by atoms with Gasteiger partial charge in [0.25, 0.3) is 5.91 Å². The maximum atomic E-state index is 13.7. The van der Waals surface area contributed by atoms with Crippen LogP contribution in [0.5, 0.6) is 11.5 Å². The number of anilines is 1. The number of ether oxygens (including phenoxy) is 3. The average molecular weight is 548 g/mol. The lowest BCUT2D eigenvalue weighted by atomic mass is 10.0. The Morgan fingerprint density at radius 3 is 2.62 bits per heavy atom. The van der Waals surface area contributed by atoms with E-state index in [-0.39, 0.29) is 18.5 Å². The highest BCUT2D eigenvalue weighted by Gasteiger charge is 2.52. The minimum absolute atomic E-state index is 0.284. The van der Waals surface area contributed by atoms with Crippen LogP contribution in [0.1, 0.15) is 19.4 Å². The first kappa shape index (κ1) is 27.8. The molecule has 0 radical (unpaired) electrons. The molecule has 0 unspecified atom stereocenters. The lowest BCUT2D eigenvalue weighted by molar-refractivity contribution is -0.123. The molecule has 0 spiro atoms. The van der Waals surface area contributed by atoms with E-state index < -0.39 is 5.54 Å². The average Bonchev–Trinajstić information content (AvgIpc) is 3.14. The summed E-state index contributed by atoms with van der Waals surface area (Å²) < 4.78 is 16.9. The van der Waals surface area contributed by atoms with Crippen LogP contribution in [0, 0.1) is 0 Å². The zero-order valence-electron chi connectivity index (χ0n) is 23.4. The normalized spacial score (nSPS) is 17.6. The fourth-order valence-electron chi connectivity index (χ4n) is 5.13. The second-order valence-electron chi connectivity index (χ2n) is 10.4. The maximum Gasteiger partial charge on any atom is 0.332 e. The standard InChI is InChI=1S/C30H37N5O5/c1-30(2)28(36)35(29(37)34(30)21-22-10-11-32-25-7-5-4-6-24(22)25)23-8-9-26(38-3)27(20-23)40-17-13-31-12-14-33-15-18-39-19-16-33/h4-11,20,31H,12-19,21H2,1-3H3. The van der Waals surface area contributed by atoms with Gasteiger partial charge in [0.05, 0.1) is 31.5 Å². The van der Waals surface area contributed by atoms with E-state index in [0.717, 1.165) is 55.9 Å². The van der Waals surface area contributed by atoms with Crippen LogP contribution in [0.3, 0.4) is 0 Å². The SMILES string of the molecule is COc1ccc(N2C(=O)N(Cc3ccnc4ccccc34)C(C)(C)C2=O)cc1OCCNCCN1CCOCC1. The number of morpholine rings is 1. The molecule has 10 nitrogen and oxygen atoms in total. The first-order chi connectivity index (χ1) is 19.4. The second-order valence-corrected chi connectivity index (χ2v) is 10.4. The molecular formula is C30H37N5O5. The zero-order valence-corrected chi connectivity index (χ0v) is 23.4. The Morgan fingerprint density at radius 1 is 1.02 bits per heavy atom. The molecule has 40 heavy (non-hydrogen) atoms. The van der Waals surface area contributed by atoms with E-state index in [1.54, 1.807) is 50.3 Å². The molecule has 2 aliphatic heterocycles. The number of hydrogen-bond donors (Lipinski definition) is 1. The summed E-state index contributed by atoms with van der Waals surface area (Å²) in [6.45, 7) is 10.2. The fourth-order valence-corrected chi connectivity index (χ4v) is 5.13. The monoisotopic (exact) mass is 547 g/mol. The van der Waals surface area contributed by atoms with Crippen LogP contribution >= 0.6 is 0 Å². The van der Waals surface area contributed by atoms with Crippen molar-refractivity contribution in [1.82, 2.24) is 20.1 Å². The third-order valence-corrected chi connectivity index (χ3v) is 7.54. The number of aromatic nitrogens is 1. The van der Waals surface area contributed by atoms with Gasteiger partial charge in [-0.05, 0) is 43.7 Å². The molecule has 5 rings (SSSR count). The Kier molecular flexibility index (Phi) is 8.49. The molecule has 2 saturated heterocycles. The number of nitrogens with zero attached hydrogens (tertiary/aromatic N) is 4. The number of nitrogens with one attached hydrogen (secondary N) is 1. The Labute approximate surface area is 234 Å². The number of amides is 3. The summed E-state index contributed by atoms with van der Waals surface area (Å²) >= 11 is 0. The summed E-state index contributed by atoms with van der Waals surface area (Å²) in [5, 5.41) is 4.36. The molecule has 2 aliphatic rings. The van der Waals surface area contributed by atoms with E-state index in [2.05, 4.69) is 15.2 Å². The van der Waals surface area contributed by atoms with Crippen LogP contribution in [-0.4, -0.2) is 91.9 Å². The van der Waals surface area contributed by atoms with Gasteiger partial charge in [0.15, 0.2) is 11.5 Å². The van der Waals surface area contributed by atoms with Crippen molar-refractivity contribution in [1.29, 1.82) is 0 Å².